The Balaban J connectivity index is 1.99. The number of hydrogen-bond donors (Lipinski definition) is 1. The van der Waals surface area contributed by atoms with Crippen LogP contribution in [0.15, 0.2) is 48.0 Å². The van der Waals surface area contributed by atoms with Crippen molar-refractivity contribution in [2.45, 2.75) is 20.8 Å². The molecule has 0 saturated carbocycles. The molecule has 0 atom stereocenters. The first-order chi connectivity index (χ1) is 17.3. The molecule has 0 radical (unpaired) electrons. The van der Waals surface area contributed by atoms with Gasteiger partial charge in [-0.2, -0.15) is 5.26 Å². The van der Waals surface area contributed by atoms with Crippen molar-refractivity contribution in [2.24, 2.45) is 0 Å². The van der Waals surface area contributed by atoms with Gasteiger partial charge in [0.1, 0.15) is 22.2 Å². The van der Waals surface area contributed by atoms with Gasteiger partial charge in [-0.25, -0.2) is 4.79 Å². The van der Waals surface area contributed by atoms with Crippen LogP contribution in [-0.2, 0) is 9.53 Å². The number of esters is 1. The van der Waals surface area contributed by atoms with Crippen molar-refractivity contribution in [3.63, 3.8) is 0 Å². The summed E-state index contributed by atoms with van der Waals surface area (Å²) in [5.41, 5.74) is 2.07. The molecule has 1 aromatic heterocycles. The molecule has 0 spiro atoms. The van der Waals surface area contributed by atoms with Crippen molar-refractivity contribution in [1.82, 2.24) is 0 Å². The summed E-state index contributed by atoms with van der Waals surface area (Å²) in [6, 6.07) is 14.1. The van der Waals surface area contributed by atoms with E-state index < -0.39 is 11.9 Å². The minimum atomic E-state index is -0.653. The third-order valence-corrected chi connectivity index (χ3v) is 6.36. The number of rotatable bonds is 9. The number of benzene rings is 2. The van der Waals surface area contributed by atoms with E-state index >= 15 is 0 Å². The minimum absolute atomic E-state index is 0.143. The molecule has 9 heteroatoms. The second-order valence-corrected chi connectivity index (χ2v) is 9.09. The number of carbonyl (C=O) groups is 2. The fourth-order valence-corrected chi connectivity index (χ4v) is 4.71. The van der Waals surface area contributed by atoms with E-state index in [9.17, 15) is 14.9 Å². The van der Waals surface area contributed by atoms with Crippen LogP contribution in [0.2, 0.25) is 5.02 Å². The number of anilines is 1. The summed E-state index contributed by atoms with van der Waals surface area (Å²) in [5.74, 6) is -0.182. The van der Waals surface area contributed by atoms with Gasteiger partial charge in [0.2, 0.25) is 0 Å². The van der Waals surface area contributed by atoms with Crippen LogP contribution >= 0.6 is 22.9 Å². The Morgan fingerprint density at radius 3 is 2.44 bits per heavy atom. The Hall–Kier alpha value is -3.80. The van der Waals surface area contributed by atoms with Crippen LogP contribution in [0.3, 0.4) is 0 Å². The van der Waals surface area contributed by atoms with Crippen LogP contribution in [0.5, 0.6) is 11.5 Å². The maximum Gasteiger partial charge on any atom is 0.341 e. The minimum Gasteiger partial charge on any atom is -0.493 e. The van der Waals surface area contributed by atoms with Crippen molar-refractivity contribution in [1.29, 1.82) is 5.26 Å². The first kappa shape index (κ1) is 26.8. The topological polar surface area (TPSA) is 97.7 Å². The summed E-state index contributed by atoms with van der Waals surface area (Å²) in [6.07, 6.45) is 1.44. The lowest BCUT2D eigenvalue weighted by molar-refractivity contribution is -0.112. The molecule has 0 aliphatic heterocycles. The Labute approximate surface area is 218 Å². The lowest BCUT2D eigenvalue weighted by Gasteiger charge is -2.10. The van der Waals surface area contributed by atoms with Gasteiger partial charge < -0.3 is 19.5 Å². The molecule has 0 aliphatic carbocycles. The number of thiophene rings is 1. The summed E-state index contributed by atoms with van der Waals surface area (Å²) < 4.78 is 16.1. The molecular formula is C27H25ClN2O5S. The first-order valence-electron chi connectivity index (χ1n) is 11.1. The summed E-state index contributed by atoms with van der Waals surface area (Å²) in [6.45, 7) is 6.06. The number of amides is 1. The van der Waals surface area contributed by atoms with Gasteiger partial charge in [-0.3, -0.25) is 4.79 Å². The van der Waals surface area contributed by atoms with Crippen LogP contribution < -0.4 is 14.8 Å². The number of aryl methyl sites for hydroxylation is 1. The molecule has 0 saturated heterocycles. The molecule has 186 valence electrons. The summed E-state index contributed by atoms with van der Waals surface area (Å²) in [5, 5.41) is 13.3. The quantitative estimate of drug-likeness (QED) is 0.195. The Kier molecular flexibility index (Phi) is 9.12. The molecule has 2 aromatic carbocycles. The van der Waals surface area contributed by atoms with Gasteiger partial charge in [-0.15, -0.1) is 11.3 Å². The zero-order chi connectivity index (χ0) is 26.2. The number of hydrogen-bond acceptors (Lipinski definition) is 7. The van der Waals surface area contributed by atoms with E-state index in [2.05, 4.69) is 5.32 Å². The smallest absolute Gasteiger partial charge is 0.341 e. The molecule has 7 nitrogen and oxygen atoms in total. The van der Waals surface area contributed by atoms with Crippen LogP contribution in [0.4, 0.5) is 5.00 Å². The normalized spacial score (nSPS) is 10.9. The average molecular weight is 525 g/mol. The van der Waals surface area contributed by atoms with Crippen LogP contribution in [0, 0.1) is 18.3 Å². The van der Waals surface area contributed by atoms with Crippen molar-refractivity contribution in [3.05, 3.63) is 69.1 Å². The third-order valence-electron chi connectivity index (χ3n) is 5.09. The maximum absolute atomic E-state index is 13.1. The highest BCUT2D eigenvalue weighted by atomic mass is 35.5. The van der Waals surface area contributed by atoms with E-state index in [1.807, 2.05) is 19.9 Å². The standard InChI is InChI=1S/C27H25ClN2O5S/c1-5-34-21-12-7-17(14-22(21)33-4)13-19(15-29)25(31)30-26-24(27(32)35-6-2)23(16(3)36-26)18-8-10-20(28)11-9-18/h7-14H,5-6H2,1-4H3,(H,30,31). The van der Waals surface area contributed by atoms with E-state index in [1.165, 1.54) is 24.5 Å². The number of nitrogens with zero attached hydrogens (tertiary/aromatic N) is 1. The van der Waals surface area contributed by atoms with Gasteiger partial charge in [-0.1, -0.05) is 29.8 Å². The molecule has 3 rings (SSSR count). The lowest BCUT2D eigenvalue weighted by Crippen LogP contribution is -2.16. The van der Waals surface area contributed by atoms with Crippen molar-refractivity contribution < 1.29 is 23.8 Å². The maximum atomic E-state index is 13.1. The lowest BCUT2D eigenvalue weighted by atomic mass is 10.0. The molecule has 0 bridgehead atoms. The van der Waals surface area contributed by atoms with E-state index in [1.54, 1.807) is 49.4 Å². The highest BCUT2D eigenvalue weighted by Crippen LogP contribution is 2.41. The van der Waals surface area contributed by atoms with Gasteiger partial charge in [0, 0.05) is 15.5 Å². The average Bonchev–Trinajstić information content (AvgIpc) is 3.19. The predicted octanol–water partition coefficient (Wildman–Crippen LogP) is 6.51. The van der Waals surface area contributed by atoms with Gasteiger partial charge in [0.05, 0.1) is 20.3 Å². The summed E-state index contributed by atoms with van der Waals surface area (Å²) in [7, 11) is 1.51. The number of nitrogens with one attached hydrogen (secondary N) is 1. The molecular weight excluding hydrogens is 500 g/mol. The highest BCUT2D eigenvalue weighted by Gasteiger charge is 2.26. The fraction of sp³-hybridized carbons (Fsp3) is 0.222. The van der Waals surface area contributed by atoms with Crippen LogP contribution in [0.25, 0.3) is 17.2 Å². The fourth-order valence-electron chi connectivity index (χ4n) is 3.53. The highest BCUT2D eigenvalue weighted by molar-refractivity contribution is 7.17. The summed E-state index contributed by atoms with van der Waals surface area (Å²) >= 11 is 7.26. The van der Waals surface area contributed by atoms with E-state index in [0.717, 1.165) is 10.4 Å². The Bertz CT molecular complexity index is 1340. The van der Waals surface area contributed by atoms with Crippen LogP contribution in [0.1, 0.15) is 34.6 Å². The van der Waals surface area contributed by atoms with E-state index in [4.69, 9.17) is 25.8 Å². The van der Waals surface area contributed by atoms with Gasteiger partial charge in [0.15, 0.2) is 11.5 Å². The number of nitriles is 1. The van der Waals surface area contributed by atoms with E-state index in [0.29, 0.717) is 39.3 Å². The SMILES string of the molecule is CCOC(=O)c1c(NC(=O)C(C#N)=Cc2ccc(OCC)c(OC)c2)sc(C)c1-c1ccc(Cl)cc1. The second kappa shape index (κ2) is 12.2. The number of carbonyl (C=O) groups excluding carboxylic acids is 2. The second-order valence-electron chi connectivity index (χ2n) is 7.43. The third kappa shape index (κ3) is 6.06. The molecule has 1 N–H and O–H groups in total. The van der Waals surface area contributed by atoms with Gasteiger partial charge >= 0.3 is 5.97 Å². The zero-order valence-electron chi connectivity index (χ0n) is 20.3. The predicted molar refractivity (Wildman–Crippen MR) is 142 cm³/mol. The van der Waals surface area contributed by atoms with Gasteiger partial charge in [-0.05, 0) is 62.2 Å². The Morgan fingerprint density at radius 1 is 1.11 bits per heavy atom. The Morgan fingerprint density at radius 2 is 1.83 bits per heavy atom. The monoisotopic (exact) mass is 524 g/mol. The molecule has 3 aromatic rings. The van der Waals surface area contributed by atoms with Crippen molar-refractivity contribution in [2.75, 3.05) is 25.6 Å². The molecule has 1 heterocycles. The van der Waals surface area contributed by atoms with Crippen molar-refractivity contribution in [3.8, 4) is 28.7 Å². The van der Waals surface area contributed by atoms with Gasteiger partial charge in [0.25, 0.3) is 5.91 Å². The van der Waals surface area contributed by atoms with E-state index in [-0.39, 0.29) is 17.7 Å². The first-order valence-corrected chi connectivity index (χ1v) is 12.3. The zero-order valence-corrected chi connectivity index (χ0v) is 21.9. The van der Waals surface area contributed by atoms with Crippen molar-refractivity contribution >= 4 is 45.9 Å². The number of halogens is 1. The molecule has 0 fully saturated rings. The molecule has 36 heavy (non-hydrogen) atoms. The number of methoxy groups -OCH3 is 1. The number of ether oxygens (including phenoxy) is 3. The molecule has 0 aliphatic rings. The van der Waals surface area contributed by atoms with Crippen LogP contribution in [-0.4, -0.2) is 32.2 Å². The molecule has 1 amide bonds. The molecule has 0 unspecified atom stereocenters. The summed E-state index contributed by atoms with van der Waals surface area (Å²) in [4.78, 5) is 26.8. The largest absolute Gasteiger partial charge is 0.493 e.